The molecule has 484 valence electrons. The van der Waals surface area contributed by atoms with Crippen LogP contribution in [0.25, 0.3) is 0 Å². The molecule has 5 saturated heterocycles. The van der Waals surface area contributed by atoms with Crippen LogP contribution >= 0.6 is 0 Å². The Kier molecular flexibility index (Phi) is 11.2. The number of aliphatic hydroxyl groups excluding tert-OH is 3. The number of nitrogens with one attached hydrogen (secondary N) is 1. The third-order valence-corrected chi connectivity index (χ3v) is 33.0. The molecule has 1 aromatic heterocycles. The molecule has 0 amide bonds. The topological polar surface area (TPSA) is 181 Å². The van der Waals surface area contributed by atoms with Crippen molar-refractivity contribution in [2.24, 2.45) is 127 Å². The molecule has 13 heteroatoms. The van der Waals surface area contributed by atoms with Gasteiger partial charge in [-0.05, 0) is 208 Å². The zero-order valence-electron chi connectivity index (χ0n) is 53.7. The van der Waals surface area contributed by atoms with E-state index in [-0.39, 0.29) is 77.5 Å². The van der Waals surface area contributed by atoms with E-state index < -0.39 is 98.1 Å². The Morgan fingerprint density at radius 2 is 1.83 bits per heavy atom. The predicted molar refractivity (Wildman–Crippen MR) is 336 cm³/mol. The molecular weight excluding hydrogens is 1150 g/mol. The normalized spacial score (nSPS) is 55.0. The SMILES string of the molecule is C[C@@H]1[C@@H]2CCC[C@@H]2CC[C@@]12C=CC[C@]13O[C@@]45C(=C[C@@H]21)C[C@@H]1C[C@H]2C=C[C@]46C(=O)OC[C@@]54[C@@H]3C(=O)[C@@H](O)[C@]35[C@@H]4[C@H](C[C@@]16C2)C[C@]1(C)[C@@]32O[C@@H]2C(=O)O[C@]1(c1ccoc1C[C@@H]([C@H]1CC[C@H]2[C@H](C=CN3CNC[C@@H]23)C1)[C@H](O)CO)CC#C[C@@H]1CC[C@@H](Cc2ccccc2)C[C@@H]15. The summed E-state index contributed by atoms with van der Waals surface area (Å²) < 4.78 is 38.4. The second-order valence-electron chi connectivity index (χ2n) is 34.9. The number of ketones is 1. The standard InChI is InChI=1S/C79H92N2O11/c1-43-54-13-6-11-47(54)19-25-71(43)22-8-23-74-62(71)34-53-33-52-30-46-18-26-75-69(87)89-41-73(78(53,75)92-74)64-51(38-72(52,75)36-46)37-70(2)76(57-21-28-88-61(57)35-56(60(83)40-82)49-16-17-55-50(32-49)20-27-81-42-80-39-59(55)81)24-7-12-48-15-14-45(29-44-9-4-3-5-10-44)31-58(48)77(64,66(85)63(84)65(73)74)79(70)67(90-79)68(86)91-76/h3-5,8-10,18,20-22,26-28,34,43,45-52,54-56,58-60,62,64-67,80,82-83,85H,6,11,13-17,19,23-25,29-33,35-42H2,1-2H3/t43-,45+,46-,47-,48-,49+,50-,51+,52+,54+,55+,56+,58+,59+,60-,62+,64-,65+,66-,67-,70+,71+,72+,73-,74+,75-,76+,77+,78-,79-/m1/s1. The molecule has 0 radical (unpaired) electrons. The average Bonchev–Trinajstić information content (AvgIpc) is 1.40. The van der Waals surface area contributed by atoms with Gasteiger partial charge in [0.1, 0.15) is 35.1 Å². The molecule has 13 nitrogen and oxygen atoms in total. The van der Waals surface area contributed by atoms with Crippen molar-refractivity contribution in [3.05, 3.63) is 108 Å². The van der Waals surface area contributed by atoms with Crippen LogP contribution < -0.4 is 5.32 Å². The molecule has 4 N–H and O–H groups in total. The molecule has 8 spiro atoms. The van der Waals surface area contributed by atoms with Crippen LogP contribution in [-0.2, 0) is 51.8 Å². The lowest BCUT2D eigenvalue weighted by molar-refractivity contribution is -0.320. The molecule has 19 aliphatic rings. The van der Waals surface area contributed by atoms with E-state index in [1.54, 1.807) is 6.26 Å². The van der Waals surface area contributed by atoms with E-state index >= 15 is 19.5 Å². The summed E-state index contributed by atoms with van der Waals surface area (Å²) in [6.45, 7) is 6.25. The number of furan rings is 1. The molecule has 14 fully saturated rings. The number of benzene rings is 1. The molecule has 92 heavy (non-hydrogen) atoms. The van der Waals surface area contributed by atoms with Gasteiger partial charge >= 0.3 is 11.9 Å². The maximum atomic E-state index is 18.2. The van der Waals surface area contributed by atoms with Crippen molar-refractivity contribution in [1.29, 1.82) is 0 Å². The fourth-order valence-electron chi connectivity index (χ4n) is 30.4. The highest BCUT2D eigenvalue weighted by Crippen LogP contribution is 2.94. The van der Waals surface area contributed by atoms with Gasteiger partial charge in [-0.15, -0.1) is 0 Å². The number of carbonyl (C=O) groups is 3. The van der Waals surface area contributed by atoms with Crippen LogP contribution in [0.3, 0.4) is 0 Å². The second-order valence-corrected chi connectivity index (χ2v) is 34.9. The number of rotatable bonds is 8. The highest BCUT2D eigenvalue weighted by atomic mass is 16.7. The number of fused-ring (bicyclic) bond motifs is 7. The molecule has 21 rings (SSSR count). The summed E-state index contributed by atoms with van der Waals surface area (Å²) in [6.07, 6.45) is 31.6. The Morgan fingerprint density at radius 1 is 0.935 bits per heavy atom. The van der Waals surface area contributed by atoms with Crippen LogP contribution in [-0.4, -0.2) is 106 Å². The van der Waals surface area contributed by atoms with Gasteiger partial charge in [0.2, 0.25) is 0 Å². The first-order valence-corrected chi connectivity index (χ1v) is 36.8. The number of hydrogen-bond acceptors (Lipinski definition) is 13. The zero-order chi connectivity index (χ0) is 61.7. The summed E-state index contributed by atoms with van der Waals surface area (Å²) in [5.41, 5.74) is -8.12. The molecule has 2 aromatic rings. The van der Waals surface area contributed by atoms with Crippen molar-refractivity contribution in [3.63, 3.8) is 0 Å². The summed E-state index contributed by atoms with van der Waals surface area (Å²) in [4.78, 5) is 53.5. The number of ether oxygens (including phenoxy) is 4. The maximum Gasteiger partial charge on any atom is 0.339 e. The number of nitrogens with zero attached hydrogens (tertiary/aromatic N) is 1. The van der Waals surface area contributed by atoms with E-state index in [4.69, 9.17) is 23.4 Å². The van der Waals surface area contributed by atoms with Crippen molar-refractivity contribution in [2.45, 2.75) is 189 Å². The highest BCUT2D eigenvalue weighted by molar-refractivity contribution is 5.96. The minimum atomic E-state index is -1.59. The van der Waals surface area contributed by atoms with Gasteiger partial charge < -0.3 is 43.6 Å². The molecule has 10 bridgehead atoms. The number of epoxide rings is 1. The average molecular weight is 1250 g/mol. The minimum absolute atomic E-state index is 0.00120. The van der Waals surface area contributed by atoms with Crippen LogP contribution in [0.1, 0.15) is 146 Å². The van der Waals surface area contributed by atoms with Crippen LogP contribution in [0.2, 0.25) is 0 Å². The fourth-order valence-corrected chi connectivity index (χ4v) is 30.4. The third kappa shape index (κ3) is 5.96. The predicted octanol–water partition coefficient (Wildman–Crippen LogP) is 10.1. The quantitative estimate of drug-likeness (QED) is 0.0850. The summed E-state index contributed by atoms with van der Waals surface area (Å²) in [6, 6.07) is 13.2. The summed E-state index contributed by atoms with van der Waals surface area (Å²) in [5.74, 6) is 7.82. The van der Waals surface area contributed by atoms with E-state index in [1.807, 2.05) is 6.07 Å². The van der Waals surface area contributed by atoms with Crippen molar-refractivity contribution in [2.75, 3.05) is 26.4 Å². The monoisotopic (exact) mass is 1240 g/mol. The van der Waals surface area contributed by atoms with E-state index in [0.717, 1.165) is 83.8 Å². The third-order valence-electron chi connectivity index (χ3n) is 33.0. The van der Waals surface area contributed by atoms with Gasteiger partial charge in [-0.1, -0.05) is 105 Å². The Balaban J connectivity index is 0.798. The molecule has 7 aliphatic heterocycles. The number of esters is 2. The van der Waals surface area contributed by atoms with Gasteiger partial charge in [-0.2, -0.15) is 0 Å². The van der Waals surface area contributed by atoms with Crippen LogP contribution in [0, 0.1) is 139 Å². The van der Waals surface area contributed by atoms with Gasteiger partial charge in [-0.25, -0.2) is 4.79 Å². The summed E-state index contributed by atoms with van der Waals surface area (Å²) in [5, 5.41) is 42.2. The van der Waals surface area contributed by atoms with Crippen molar-refractivity contribution in [1.82, 2.24) is 10.2 Å². The Labute approximate surface area is 540 Å². The van der Waals surface area contributed by atoms with Crippen molar-refractivity contribution >= 4 is 17.7 Å². The number of allylic oxidation sites excluding steroid dienone is 3. The Hall–Kier alpha value is -4.81. The van der Waals surface area contributed by atoms with Gasteiger partial charge in [-0.3, -0.25) is 14.9 Å². The van der Waals surface area contributed by atoms with E-state index in [2.05, 4.69) is 109 Å². The highest BCUT2D eigenvalue weighted by Gasteiger charge is 3.02. The van der Waals surface area contributed by atoms with E-state index in [9.17, 15) is 10.2 Å². The Morgan fingerprint density at radius 3 is 2.71 bits per heavy atom. The molecule has 1 aromatic carbocycles. The smallest absolute Gasteiger partial charge is 0.339 e. The van der Waals surface area contributed by atoms with Gasteiger partial charge in [0.15, 0.2) is 17.5 Å². The van der Waals surface area contributed by atoms with Gasteiger partial charge in [0, 0.05) is 52.7 Å². The van der Waals surface area contributed by atoms with E-state index in [1.165, 1.54) is 30.4 Å². The second kappa shape index (κ2) is 18.2. The summed E-state index contributed by atoms with van der Waals surface area (Å²) in [7, 11) is 0. The lowest BCUT2D eigenvalue weighted by Crippen LogP contribution is -2.84. The van der Waals surface area contributed by atoms with E-state index in [0.29, 0.717) is 79.1 Å². The van der Waals surface area contributed by atoms with Gasteiger partial charge in [0.05, 0.1) is 49.0 Å². The fraction of sp³-hybridized carbons (Fsp3) is 0.709. The molecule has 30 atom stereocenters. The number of carbonyl (C=O) groups excluding carboxylic acids is 3. The summed E-state index contributed by atoms with van der Waals surface area (Å²) >= 11 is 0. The van der Waals surface area contributed by atoms with Crippen molar-refractivity contribution in [3.8, 4) is 11.8 Å². The zero-order valence-corrected chi connectivity index (χ0v) is 53.7. The first-order chi connectivity index (χ1) is 44.7. The molecule has 8 heterocycles. The number of Topliss-reactive ketones (excluding diaryl/α,β-unsaturated/α-hetero) is 1. The number of cyclic esters (lactones) is 1. The maximum absolute atomic E-state index is 18.2. The number of aliphatic hydroxyl groups is 3. The largest absolute Gasteiger partial charge is 0.469 e. The lowest BCUT2D eigenvalue weighted by atomic mass is 9.28. The first-order valence-electron chi connectivity index (χ1n) is 36.8. The van der Waals surface area contributed by atoms with Crippen LogP contribution in [0.15, 0.2) is 95.3 Å². The Bertz CT molecular complexity index is 3770. The molecule has 12 aliphatic carbocycles. The van der Waals surface area contributed by atoms with Crippen LogP contribution in [0.5, 0.6) is 0 Å². The van der Waals surface area contributed by atoms with Crippen LogP contribution in [0.4, 0.5) is 0 Å². The van der Waals surface area contributed by atoms with Gasteiger partial charge in [0.25, 0.3) is 0 Å². The lowest BCUT2D eigenvalue weighted by Gasteiger charge is -2.74. The number of hydrogen-bond donors (Lipinski definition) is 4. The first kappa shape index (κ1) is 56.4. The molecule has 9 saturated carbocycles. The minimum Gasteiger partial charge on any atom is -0.469 e. The van der Waals surface area contributed by atoms with Crippen molar-refractivity contribution < 1.29 is 53.1 Å². The molecular formula is C79H92N2O11. The molecule has 0 unspecified atom stereocenters.